The van der Waals surface area contributed by atoms with E-state index in [1.165, 1.54) is 58.0 Å². The minimum atomic E-state index is 0.143. The number of nitrogens with one attached hydrogen (secondary N) is 5. The Morgan fingerprint density at radius 1 is 0.711 bits per heavy atom. The maximum absolute atomic E-state index is 3.78. The molecule has 2 fully saturated rings. The lowest BCUT2D eigenvalue weighted by molar-refractivity contribution is 0.554. The molecule has 4 aliphatic heterocycles. The fourth-order valence-corrected chi connectivity index (χ4v) is 6.85. The monoisotopic (exact) mass is 508 g/mol. The molecule has 6 nitrogen and oxygen atoms in total. The average Bonchev–Trinajstić information content (AvgIpc) is 3.72. The van der Waals surface area contributed by atoms with Crippen molar-refractivity contribution in [2.45, 2.75) is 76.2 Å². The first-order valence-corrected chi connectivity index (χ1v) is 14.3. The summed E-state index contributed by atoms with van der Waals surface area (Å²) in [7, 11) is 0. The Hall–Kier alpha value is -3.38. The predicted octanol–water partition coefficient (Wildman–Crippen LogP) is 6.78. The van der Waals surface area contributed by atoms with E-state index < -0.39 is 0 Å². The maximum atomic E-state index is 3.78. The highest BCUT2D eigenvalue weighted by atomic mass is 15.2. The molecule has 3 aromatic rings. The molecule has 2 saturated heterocycles. The first-order chi connectivity index (χ1) is 18.4. The number of fused-ring (bicyclic) bond motifs is 2. The van der Waals surface area contributed by atoms with E-state index >= 15 is 0 Å². The third-order valence-corrected chi connectivity index (χ3v) is 8.95. The lowest BCUT2D eigenvalue weighted by Crippen LogP contribution is -2.42. The van der Waals surface area contributed by atoms with E-state index in [1.807, 2.05) is 0 Å². The number of benzene rings is 3. The second-order valence-corrected chi connectivity index (χ2v) is 12.4. The van der Waals surface area contributed by atoms with E-state index in [0.717, 1.165) is 26.1 Å². The third-order valence-electron chi connectivity index (χ3n) is 8.95. The molecule has 4 heterocycles. The molecule has 4 aliphatic rings. The van der Waals surface area contributed by atoms with Crippen molar-refractivity contribution in [1.82, 2.24) is 5.32 Å². The Kier molecular flexibility index (Phi) is 5.69. The second-order valence-electron chi connectivity index (χ2n) is 12.4. The van der Waals surface area contributed by atoms with Crippen molar-refractivity contribution in [3.63, 3.8) is 0 Å². The van der Waals surface area contributed by atoms with Crippen LogP contribution in [-0.4, -0.2) is 25.4 Å². The lowest BCUT2D eigenvalue weighted by atomic mass is 9.87. The molecule has 0 amide bonds. The molecule has 0 aliphatic carbocycles. The van der Waals surface area contributed by atoms with Crippen LogP contribution in [0.2, 0.25) is 0 Å². The van der Waals surface area contributed by atoms with Crippen molar-refractivity contribution in [2.75, 3.05) is 39.4 Å². The summed E-state index contributed by atoms with van der Waals surface area (Å²) in [4.78, 5) is 2.68. The van der Waals surface area contributed by atoms with E-state index in [9.17, 15) is 0 Å². The Morgan fingerprint density at radius 2 is 1.37 bits per heavy atom. The standard InChI is InChI=1S/C32H40N6/c1-32(2,3)22-8-10-23(11-9-22)38-29(20-6-12-24-27(17-20)35-19-34-24)14-15-30(38)21-7-13-25-28(18-21)37-31(36-25)26-5-4-16-33-26/h6-13,17-18,26,29-31,33-37H,4-5,14-16,19H2,1-3H3/t26-,29?,30?,31?/m0/s1. The Morgan fingerprint density at radius 3 is 2.05 bits per heavy atom. The number of hydrogen-bond acceptors (Lipinski definition) is 6. The third kappa shape index (κ3) is 4.15. The van der Waals surface area contributed by atoms with E-state index in [-0.39, 0.29) is 11.6 Å². The van der Waals surface area contributed by atoms with Crippen LogP contribution in [-0.2, 0) is 5.41 Å². The zero-order chi connectivity index (χ0) is 25.9. The molecule has 0 aromatic heterocycles. The summed E-state index contributed by atoms with van der Waals surface area (Å²) in [6.07, 6.45) is 5.02. The van der Waals surface area contributed by atoms with Crippen LogP contribution < -0.4 is 31.5 Å². The highest BCUT2D eigenvalue weighted by Crippen LogP contribution is 2.49. The van der Waals surface area contributed by atoms with Gasteiger partial charge >= 0.3 is 0 Å². The van der Waals surface area contributed by atoms with Crippen LogP contribution in [0, 0.1) is 0 Å². The van der Waals surface area contributed by atoms with Crippen LogP contribution in [0.3, 0.4) is 0 Å². The fraction of sp³-hybridized carbons (Fsp3) is 0.438. The summed E-state index contributed by atoms with van der Waals surface area (Å²) in [6, 6.07) is 24.4. The summed E-state index contributed by atoms with van der Waals surface area (Å²) in [5.74, 6) is 0. The number of rotatable bonds is 4. The van der Waals surface area contributed by atoms with Crippen LogP contribution in [0.1, 0.15) is 75.2 Å². The van der Waals surface area contributed by atoms with Gasteiger partial charge < -0.3 is 31.5 Å². The molecule has 7 rings (SSSR count). The molecule has 0 spiro atoms. The van der Waals surface area contributed by atoms with Gasteiger partial charge in [0, 0.05) is 11.7 Å². The van der Waals surface area contributed by atoms with Gasteiger partial charge in [-0.1, -0.05) is 45.0 Å². The van der Waals surface area contributed by atoms with Gasteiger partial charge in [-0.2, -0.15) is 0 Å². The Balaban J connectivity index is 1.23. The highest BCUT2D eigenvalue weighted by Gasteiger charge is 2.37. The molecule has 0 radical (unpaired) electrons. The molecule has 0 saturated carbocycles. The van der Waals surface area contributed by atoms with Gasteiger partial charge in [0.2, 0.25) is 0 Å². The lowest BCUT2D eigenvalue weighted by Gasteiger charge is -2.34. The molecule has 4 atom stereocenters. The van der Waals surface area contributed by atoms with Gasteiger partial charge in [0.15, 0.2) is 0 Å². The van der Waals surface area contributed by atoms with E-state index in [4.69, 9.17) is 0 Å². The van der Waals surface area contributed by atoms with Crippen molar-refractivity contribution >= 4 is 28.4 Å². The molecule has 38 heavy (non-hydrogen) atoms. The molecule has 0 bridgehead atoms. The minimum Gasteiger partial charge on any atom is -0.366 e. The zero-order valence-electron chi connectivity index (χ0n) is 22.8. The summed E-state index contributed by atoms with van der Waals surface area (Å²) < 4.78 is 0. The van der Waals surface area contributed by atoms with Gasteiger partial charge in [0.25, 0.3) is 0 Å². The molecular formula is C32H40N6. The number of hydrogen-bond donors (Lipinski definition) is 5. The molecular weight excluding hydrogens is 468 g/mol. The van der Waals surface area contributed by atoms with Crippen molar-refractivity contribution < 1.29 is 0 Å². The van der Waals surface area contributed by atoms with Gasteiger partial charge in [-0.3, -0.25) is 0 Å². The van der Waals surface area contributed by atoms with Gasteiger partial charge in [0.1, 0.15) is 6.17 Å². The van der Waals surface area contributed by atoms with Crippen LogP contribution in [0.4, 0.5) is 28.4 Å². The zero-order valence-corrected chi connectivity index (χ0v) is 22.8. The quantitative estimate of drug-likeness (QED) is 0.268. The van der Waals surface area contributed by atoms with E-state index in [1.54, 1.807) is 0 Å². The van der Waals surface area contributed by atoms with Crippen LogP contribution in [0.15, 0.2) is 60.7 Å². The van der Waals surface area contributed by atoms with Crippen LogP contribution in [0.5, 0.6) is 0 Å². The Bertz CT molecular complexity index is 1320. The number of anilines is 5. The Labute approximate surface area is 226 Å². The van der Waals surface area contributed by atoms with E-state index in [0.29, 0.717) is 18.1 Å². The molecule has 3 aromatic carbocycles. The van der Waals surface area contributed by atoms with Gasteiger partial charge in [-0.15, -0.1) is 0 Å². The SMILES string of the molecule is CC(C)(C)c1ccc(N2C(c3ccc4c(c3)NCN4)CCC2c2ccc3c(c2)NC([C@@H]2CCCN2)N3)cc1. The van der Waals surface area contributed by atoms with Crippen molar-refractivity contribution in [3.8, 4) is 0 Å². The first-order valence-electron chi connectivity index (χ1n) is 14.3. The van der Waals surface area contributed by atoms with Crippen molar-refractivity contribution in [2.24, 2.45) is 0 Å². The highest BCUT2D eigenvalue weighted by molar-refractivity contribution is 5.76. The second kappa shape index (κ2) is 9.12. The van der Waals surface area contributed by atoms with Crippen LogP contribution in [0.25, 0.3) is 0 Å². The molecule has 3 unspecified atom stereocenters. The summed E-state index contributed by atoms with van der Waals surface area (Å²) >= 11 is 0. The summed E-state index contributed by atoms with van der Waals surface area (Å²) in [5, 5.41) is 18.1. The summed E-state index contributed by atoms with van der Waals surface area (Å²) in [6.45, 7) is 8.78. The predicted molar refractivity (Wildman–Crippen MR) is 159 cm³/mol. The molecule has 198 valence electrons. The average molecular weight is 509 g/mol. The summed E-state index contributed by atoms with van der Waals surface area (Å²) in [5.41, 5.74) is 10.5. The van der Waals surface area contributed by atoms with Crippen molar-refractivity contribution in [1.29, 1.82) is 0 Å². The molecule has 6 heteroatoms. The largest absolute Gasteiger partial charge is 0.366 e. The van der Waals surface area contributed by atoms with Crippen LogP contribution >= 0.6 is 0 Å². The minimum absolute atomic E-state index is 0.143. The van der Waals surface area contributed by atoms with E-state index in [2.05, 4.69) is 113 Å². The smallest absolute Gasteiger partial charge is 0.112 e. The van der Waals surface area contributed by atoms with Gasteiger partial charge in [0.05, 0.1) is 41.5 Å². The normalized spacial score (nSPS) is 25.8. The van der Waals surface area contributed by atoms with Crippen molar-refractivity contribution in [3.05, 3.63) is 77.4 Å². The number of nitrogens with zero attached hydrogens (tertiary/aromatic N) is 1. The van der Waals surface area contributed by atoms with Gasteiger partial charge in [-0.25, -0.2) is 0 Å². The first kappa shape index (κ1) is 23.7. The maximum Gasteiger partial charge on any atom is 0.112 e. The van der Waals surface area contributed by atoms with Gasteiger partial charge in [-0.05, 0) is 90.7 Å². The topological polar surface area (TPSA) is 63.4 Å². The fourth-order valence-electron chi connectivity index (χ4n) is 6.85. The molecule has 5 N–H and O–H groups in total.